The number of halogens is 3. The predicted molar refractivity (Wildman–Crippen MR) is 149 cm³/mol. The molecule has 3 aliphatic rings. The van der Waals surface area contributed by atoms with Crippen LogP contribution < -0.4 is 10.1 Å². The van der Waals surface area contributed by atoms with Crippen LogP contribution in [-0.2, 0) is 30.4 Å². The number of rotatable bonds is 9. The van der Waals surface area contributed by atoms with Crippen LogP contribution in [0.1, 0.15) is 24.5 Å². The third-order valence-corrected chi connectivity index (χ3v) is 7.73. The number of hydrogen-bond donors (Lipinski definition) is 5. The molecule has 15 heteroatoms. The summed E-state index contributed by atoms with van der Waals surface area (Å²) in [6.07, 6.45) is -6.41. The second-order valence-corrected chi connectivity index (χ2v) is 11.0. The van der Waals surface area contributed by atoms with Crippen molar-refractivity contribution in [1.29, 1.82) is 0 Å². The molecule has 0 spiro atoms. The van der Waals surface area contributed by atoms with E-state index in [-0.39, 0.29) is 41.7 Å². The number of aliphatic hydroxyl groups is 4. The monoisotopic (exact) mass is 640 g/mol. The average molecular weight is 641 g/mol. The van der Waals surface area contributed by atoms with Crippen molar-refractivity contribution in [3.05, 3.63) is 69.8 Å². The molecule has 0 bridgehead atoms. The topological polar surface area (TPSA) is 169 Å². The summed E-state index contributed by atoms with van der Waals surface area (Å²) >= 11 is 5.72. The predicted octanol–water partition coefficient (Wildman–Crippen LogP) is 1.40. The number of hydrogen-bond acceptors (Lipinski definition) is 11. The summed E-state index contributed by atoms with van der Waals surface area (Å²) in [5.74, 6) is -2.14. The summed E-state index contributed by atoms with van der Waals surface area (Å²) in [6.45, 7) is 1.13. The highest BCUT2D eigenvalue weighted by atomic mass is 35.5. The van der Waals surface area contributed by atoms with Gasteiger partial charge in [-0.05, 0) is 42.8 Å². The Kier molecular flexibility index (Phi) is 10.1. The lowest BCUT2D eigenvalue weighted by molar-refractivity contribution is -0.155. The van der Waals surface area contributed by atoms with Crippen molar-refractivity contribution in [3.8, 4) is 5.75 Å². The van der Waals surface area contributed by atoms with Gasteiger partial charge in [0.25, 0.3) is 0 Å². The SMILES string of the molecule is CC(=Cc1ccc(O[C@H]2C[C@H](O)[C@@H](C=NOCc3ccc(Cl)cc3F)O2)c(F)c1)C(=O)N[C@@H]1[C@H](O)[C@@H](O)[C@H]2OCO[C@H]2[C@@H]1O. The lowest BCUT2D eigenvalue weighted by atomic mass is 9.83. The van der Waals surface area contributed by atoms with Crippen molar-refractivity contribution < 1.29 is 57.8 Å². The fraction of sp³-hybridized carbons (Fsp3) is 0.448. The molecule has 238 valence electrons. The van der Waals surface area contributed by atoms with E-state index in [0.29, 0.717) is 5.56 Å². The first-order valence-electron chi connectivity index (χ1n) is 13.7. The molecular formula is C29H31ClF2N2O10. The van der Waals surface area contributed by atoms with E-state index < -0.39 is 72.6 Å². The van der Waals surface area contributed by atoms with E-state index in [4.69, 9.17) is 35.4 Å². The summed E-state index contributed by atoms with van der Waals surface area (Å²) in [5.41, 5.74) is 0.675. The van der Waals surface area contributed by atoms with Crippen molar-refractivity contribution in [2.45, 2.75) is 75.0 Å². The molecule has 1 aliphatic carbocycles. The van der Waals surface area contributed by atoms with Crippen molar-refractivity contribution in [2.75, 3.05) is 6.79 Å². The highest BCUT2D eigenvalue weighted by Gasteiger charge is 2.53. The Morgan fingerprint density at radius 3 is 2.55 bits per heavy atom. The first kappa shape index (κ1) is 32.2. The van der Waals surface area contributed by atoms with Crippen LogP contribution >= 0.6 is 11.6 Å². The maximum absolute atomic E-state index is 14.9. The van der Waals surface area contributed by atoms with Gasteiger partial charge < -0.3 is 49.5 Å². The molecule has 3 fully saturated rings. The standard InChI is InChI=1S/C29H31ClF2N2O10/c1-13(29(39)34-23-24(36)26(38)28-27(25(23)37)40-12-41-28)6-14-2-5-20(18(32)7-14)43-22-9-19(35)21(44-22)10-33-42-11-15-3-4-16(30)8-17(15)31/h2-8,10,19,21-28,35-38H,9,11-12H2,1H3,(H,34,39)/t19-,21+,22+,23+,24-,25+,26+,27-,28+/m0/s1. The van der Waals surface area contributed by atoms with E-state index in [2.05, 4.69) is 10.5 Å². The van der Waals surface area contributed by atoms with Gasteiger partial charge in [0.2, 0.25) is 12.2 Å². The number of amides is 1. The van der Waals surface area contributed by atoms with Crippen molar-refractivity contribution in [1.82, 2.24) is 5.32 Å². The van der Waals surface area contributed by atoms with Crippen LogP contribution in [0.3, 0.4) is 0 Å². The molecule has 12 nitrogen and oxygen atoms in total. The fourth-order valence-electron chi connectivity index (χ4n) is 5.09. The van der Waals surface area contributed by atoms with Gasteiger partial charge in [0, 0.05) is 22.6 Å². The Bertz CT molecular complexity index is 1410. The van der Waals surface area contributed by atoms with Crippen LogP contribution in [-0.4, -0.2) is 94.4 Å². The number of oxime groups is 1. The van der Waals surface area contributed by atoms with Crippen molar-refractivity contribution in [2.24, 2.45) is 5.16 Å². The summed E-state index contributed by atoms with van der Waals surface area (Å²) in [5, 5.41) is 48.0. The minimum atomic E-state index is -1.51. The van der Waals surface area contributed by atoms with Gasteiger partial charge in [-0.15, -0.1) is 0 Å². The van der Waals surface area contributed by atoms with Crippen LogP contribution in [0.15, 0.2) is 47.1 Å². The number of carbonyl (C=O) groups excluding carboxylic acids is 1. The molecule has 2 aliphatic heterocycles. The molecule has 0 unspecified atom stereocenters. The average Bonchev–Trinajstić information content (AvgIpc) is 3.61. The largest absolute Gasteiger partial charge is 0.462 e. The highest BCUT2D eigenvalue weighted by molar-refractivity contribution is 6.30. The zero-order valence-electron chi connectivity index (χ0n) is 23.3. The number of nitrogens with zero attached hydrogens (tertiary/aromatic N) is 1. The maximum Gasteiger partial charge on any atom is 0.247 e. The van der Waals surface area contributed by atoms with Gasteiger partial charge in [-0.1, -0.05) is 28.9 Å². The van der Waals surface area contributed by atoms with Gasteiger partial charge in [-0.2, -0.15) is 0 Å². The number of nitrogens with one attached hydrogen (secondary N) is 1. The van der Waals surface area contributed by atoms with E-state index in [1.807, 2.05) is 0 Å². The van der Waals surface area contributed by atoms with E-state index >= 15 is 0 Å². The number of fused-ring (bicyclic) bond motifs is 1. The summed E-state index contributed by atoms with van der Waals surface area (Å²) < 4.78 is 50.3. The van der Waals surface area contributed by atoms with Crippen LogP contribution in [0.2, 0.25) is 5.02 Å². The summed E-state index contributed by atoms with van der Waals surface area (Å²) in [4.78, 5) is 17.9. The Morgan fingerprint density at radius 1 is 1.07 bits per heavy atom. The van der Waals surface area contributed by atoms with Crippen LogP contribution in [0, 0.1) is 11.6 Å². The van der Waals surface area contributed by atoms with E-state index in [1.54, 1.807) is 0 Å². The second-order valence-electron chi connectivity index (χ2n) is 10.6. The van der Waals surface area contributed by atoms with Gasteiger partial charge in [-0.3, -0.25) is 4.79 Å². The maximum atomic E-state index is 14.9. The Labute approximate surface area is 255 Å². The van der Waals surface area contributed by atoms with E-state index in [1.165, 1.54) is 43.5 Å². The molecule has 9 atom stereocenters. The van der Waals surface area contributed by atoms with Crippen LogP contribution in [0.25, 0.3) is 6.08 Å². The fourth-order valence-corrected chi connectivity index (χ4v) is 5.25. The third-order valence-electron chi connectivity index (χ3n) is 7.50. The molecule has 2 aromatic rings. The lowest BCUT2D eigenvalue weighted by Gasteiger charge is -2.41. The first-order chi connectivity index (χ1) is 21.0. The lowest BCUT2D eigenvalue weighted by Crippen LogP contribution is -2.67. The number of benzene rings is 2. The summed E-state index contributed by atoms with van der Waals surface area (Å²) in [7, 11) is 0. The van der Waals surface area contributed by atoms with Gasteiger partial charge in [0.15, 0.2) is 11.6 Å². The molecule has 5 rings (SSSR count). The van der Waals surface area contributed by atoms with E-state index in [9.17, 15) is 34.0 Å². The molecule has 5 N–H and O–H groups in total. The Morgan fingerprint density at radius 2 is 1.82 bits per heavy atom. The molecule has 0 aromatic heterocycles. The van der Waals surface area contributed by atoms with Crippen molar-refractivity contribution >= 4 is 29.8 Å². The summed E-state index contributed by atoms with van der Waals surface area (Å²) in [6, 6.07) is 6.83. The molecule has 44 heavy (non-hydrogen) atoms. The second kappa shape index (κ2) is 13.8. The smallest absolute Gasteiger partial charge is 0.247 e. The number of ether oxygens (including phenoxy) is 4. The zero-order valence-corrected chi connectivity index (χ0v) is 24.0. The Balaban J connectivity index is 1.13. The number of aliphatic hydroxyl groups excluding tert-OH is 4. The third kappa shape index (κ3) is 7.19. The molecule has 2 aromatic carbocycles. The molecule has 1 amide bonds. The van der Waals surface area contributed by atoms with Crippen LogP contribution in [0.5, 0.6) is 5.75 Å². The molecular weight excluding hydrogens is 610 g/mol. The van der Waals surface area contributed by atoms with E-state index in [0.717, 1.165) is 12.1 Å². The van der Waals surface area contributed by atoms with Gasteiger partial charge in [0.1, 0.15) is 55.8 Å². The highest BCUT2D eigenvalue weighted by Crippen LogP contribution is 2.31. The Hall–Kier alpha value is -3.21. The van der Waals surface area contributed by atoms with Crippen LogP contribution in [0.4, 0.5) is 8.78 Å². The van der Waals surface area contributed by atoms with Gasteiger partial charge >= 0.3 is 0 Å². The minimum absolute atomic E-state index is 0.00913. The first-order valence-corrected chi connectivity index (χ1v) is 14.1. The van der Waals surface area contributed by atoms with Gasteiger partial charge in [-0.25, -0.2) is 8.78 Å². The minimum Gasteiger partial charge on any atom is -0.462 e. The number of carbonyl (C=O) groups is 1. The molecule has 0 radical (unpaired) electrons. The molecule has 2 saturated heterocycles. The van der Waals surface area contributed by atoms with Crippen molar-refractivity contribution in [3.63, 3.8) is 0 Å². The molecule has 1 saturated carbocycles. The quantitative estimate of drug-likeness (QED) is 0.153. The van der Waals surface area contributed by atoms with Gasteiger partial charge in [0.05, 0.1) is 18.4 Å². The molecule has 2 heterocycles. The zero-order chi connectivity index (χ0) is 31.5. The normalized spacial score (nSPS) is 32.1.